The third-order valence-corrected chi connectivity index (χ3v) is 2.27. The summed E-state index contributed by atoms with van der Waals surface area (Å²) in [6.45, 7) is 2.99. The molecule has 4 heteroatoms. The Morgan fingerprint density at radius 1 is 1.45 bits per heavy atom. The fourth-order valence-corrected chi connectivity index (χ4v) is 1.42. The van der Waals surface area contributed by atoms with Gasteiger partial charge in [0.15, 0.2) is 0 Å². The molecule has 1 nitrogen and oxygen atoms in total. The predicted octanol–water partition coefficient (Wildman–Crippen LogP) is 2.08. The maximum atomic E-state index is 12.3. The molecule has 0 amide bonds. The molecule has 2 atom stereocenters. The Labute approximate surface area is 64.0 Å². The summed E-state index contributed by atoms with van der Waals surface area (Å²) in [7, 11) is 0. The Morgan fingerprint density at radius 3 is 2.18 bits per heavy atom. The van der Waals surface area contributed by atoms with E-state index >= 15 is 0 Å². The molecule has 1 heterocycles. The Kier molecular flexibility index (Phi) is 1.90. The van der Waals surface area contributed by atoms with Crippen LogP contribution in [0.25, 0.3) is 0 Å². The highest BCUT2D eigenvalue weighted by molar-refractivity contribution is 4.98. The number of nitrogens with one attached hydrogen (secondary N) is 1. The van der Waals surface area contributed by atoms with E-state index in [0.717, 1.165) is 0 Å². The third-order valence-electron chi connectivity index (χ3n) is 2.27. The number of rotatable bonds is 0. The topological polar surface area (TPSA) is 12.0 Å². The van der Waals surface area contributed by atoms with E-state index in [1.165, 1.54) is 6.92 Å². The molecule has 1 rings (SSSR count). The zero-order valence-electron chi connectivity index (χ0n) is 6.63. The minimum Gasteiger partial charge on any atom is -0.301 e. The number of hydrogen-bond acceptors (Lipinski definition) is 1. The molecule has 66 valence electrons. The lowest BCUT2D eigenvalue weighted by molar-refractivity contribution is -0.187. The first-order chi connectivity index (χ1) is 4.85. The highest BCUT2D eigenvalue weighted by atomic mass is 19.4. The van der Waals surface area contributed by atoms with E-state index in [4.69, 9.17) is 0 Å². The fraction of sp³-hybridized carbons (Fsp3) is 1.00. The minimum atomic E-state index is -4.11. The molecule has 1 aliphatic heterocycles. The molecule has 11 heavy (non-hydrogen) atoms. The van der Waals surface area contributed by atoms with E-state index in [1.807, 2.05) is 0 Å². The molecule has 1 N–H and O–H groups in total. The van der Waals surface area contributed by atoms with E-state index in [-0.39, 0.29) is 12.5 Å². The SMILES string of the molecule is CC1CCC(C)(C(F)(F)F)N1. The first-order valence-corrected chi connectivity index (χ1v) is 3.69. The first-order valence-electron chi connectivity index (χ1n) is 3.69. The lowest BCUT2D eigenvalue weighted by atomic mass is 10.00. The summed E-state index contributed by atoms with van der Waals surface area (Å²) >= 11 is 0. The van der Waals surface area contributed by atoms with Crippen LogP contribution >= 0.6 is 0 Å². The second-order valence-corrected chi connectivity index (χ2v) is 3.41. The standard InChI is InChI=1S/C7H12F3N/c1-5-3-4-6(2,11-5)7(8,9)10/h5,11H,3-4H2,1-2H3. The molecule has 0 aliphatic carbocycles. The van der Waals surface area contributed by atoms with Crippen LogP contribution in [0.15, 0.2) is 0 Å². The molecule has 0 aromatic carbocycles. The third kappa shape index (κ3) is 1.50. The zero-order chi connectivity index (χ0) is 8.70. The Bertz CT molecular complexity index is 154. The second-order valence-electron chi connectivity index (χ2n) is 3.41. The van der Waals surface area contributed by atoms with Gasteiger partial charge in [0, 0.05) is 6.04 Å². The molecule has 0 bridgehead atoms. The van der Waals surface area contributed by atoms with Gasteiger partial charge in [-0.1, -0.05) is 0 Å². The van der Waals surface area contributed by atoms with E-state index in [1.54, 1.807) is 6.92 Å². The maximum absolute atomic E-state index is 12.3. The Balaban J connectivity index is 2.69. The summed E-state index contributed by atoms with van der Waals surface area (Å²) in [5.74, 6) is 0. The molecule has 1 saturated heterocycles. The van der Waals surface area contributed by atoms with Gasteiger partial charge in [-0.3, -0.25) is 0 Å². The van der Waals surface area contributed by atoms with Crippen molar-refractivity contribution < 1.29 is 13.2 Å². The molecule has 1 aliphatic rings. The zero-order valence-corrected chi connectivity index (χ0v) is 6.63. The predicted molar refractivity (Wildman–Crippen MR) is 36.3 cm³/mol. The van der Waals surface area contributed by atoms with Crippen LogP contribution in [-0.4, -0.2) is 17.8 Å². The molecule has 2 unspecified atom stereocenters. The van der Waals surface area contributed by atoms with Crippen molar-refractivity contribution >= 4 is 0 Å². The Morgan fingerprint density at radius 2 is 2.00 bits per heavy atom. The van der Waals surface area contributed by atoms with E-state index in [0.29, 0.717) is 6.42 Å². The quantitative estimate of drug-likeness (QED) is 0.582. The van der Waals surface area contributed by atoms with E-state index < -0.39 is 11.7 Å². The van der Waals surface area contributed by atoms with Gasteiger partial charge in [-0.05, 0) is 26.7 Å². The second kappa shape index (κ2) is 2.37. The highest BCUT2D eigenvalue weighted by Gasteiger charge is 2.53. The maximum Gasteiger partial charge on any atom is 0.406 e. The molecule has 1 fully saturated rings. The highest BCUT2D eigenvalue weighted by Crippen LogP contribution is 2.38. The molecule has 0 radical (unpaired) electrons. The van der Waals surface area contributed by atoms with Crippen molar-refractivity contribution in [3.8, 4) is 0 Å². The minimum absolute atomic E-state index is 0.0124. The van der Waals surface area contributed by atoms with Crippen molar-refractivity contribution in [2.45, 2.75) is 44.4 Å². The van der Waals surface area contributed by atoms with Crippen LogP contribution in [0.2, 0.25) is 0 Å². The van der Waals surface area contributed by atoms with Crippen molar-refractivity contribution in [3.05, 3.63) is 0 Å². The summed E-state index contributed by atoms with van der Waals surface area (Å²) in [4.78, 5) is 0. The number of halogens is 3. The smallest absolute Gasteiger partial charge is 0.301 e. The van der Waals surface area contributed by atoms with Gasteiger partial charge in [0.05, 0.1) is 0 Å². The van der Waals surface area contributed by atoms with Crippen LogP contribution in [0.4, 0.5) is 13.2 Å². The van der Waals surface area contributed by atoms with Gasteiger partial charge in [0.2, 0.25) is 0 Å². The molecule has 0 aromatic rings. The van der Waals surface area contributed by atoms with Crippen molar-refractivity contribution in [1.29, 1.82) is 0 Å². The van der Waals surface area contributed by atoms with Gasteiger partial charge in [0.25, 0.3) is 0 Å². The van der Waals surface area contributed by atoms with Gasteiger partial charge in [-0.25, -0.2) is 0 Å². The number of hydrogen-bond donors (Lipinski definition) is 1. The lowest BCUT2D eigenvalue weighted by Crippen LogP contribution is -2.51. The Hall–Kier alpha value is -0.250. The van der Waals surface area contributed by atoms with Crippen LogP contribution in [0.5, 0.6) is 0 Å². The summed E-state index contributed by atoms with van der Waals surface area (Å²) < 4.78 is 36.8. The van der Waals surface area contributed by atoms with Crippen LogP contribution in [0.1, 0.15) is 26.7 Å². The average Bonchev–Trinajstić information content (AvgIpc) is 2.10. The molecule has 0 aromatic heterocycles. The van der Waals surface area contributed by atoms with Gasteiger partial charge < -0.3 is 5.32 Å². The lowest BCUT2D eigenvalue weighted by Gasteiger charge is -2.28. The van der Waals surface area contributed by atoms with Crippen LogP contribution in [0.3, 0.4) is 0 Å². The van der Waals surface area contributed by atoms with Crippen molar-refractivity contribution in [2.24, 2.45) is 0 Å². The molecule has 0 saturated carbocycles. The number of alkyl halides is 3. The molecular formula is C7H12F3N. The van der Waals surface area contributed by atoms with Gasteiger partial charge in [-0.15, -0.1) is 0 Å². The largest absolute Gasteiger partial charge is 0.406 e. The molecule has 0 spiro atoms. The van der Waals surface area contributed by atoms with Gasteiger partial charge in [0.1, 0.15) is 5.54 Å². The van der Waals surface area contributed by atoms with E-state index in [2.05, 4.69) is 5.32 Å². The van der Waals surface area contributed by atoms with Crippen molar-refractivity contribution in [2.75, 3.05) is 0 Å². The van der Waals surface area contributed by atoms with Crippen LogP contribution in [0, 0.1) is 0 Å². The normalized spacial score (nSPS) is 39.5. The van der Waals surface area contributed by atoms with Crippen LogP contribution in [-0.2, 0) is 0 Å². The van der Waals surface area contributed by atoms with Gasteiger partial charge >= 0.3 is 6.18 Å². The first kappa shape index (κ1) is 8.84. The van der Waals surface area contributed by atoms with Crippen LogP contribution < -0.4 is 5.32 Å². The summed E-state index contributed by atoms with van der Waals surface area (Å²) in [6, 6.07) is -0.0124. The van der Waals surface area contributed by atoms with Crippen molar-refractivity contribution in [3.63, 3.8) is 0 Å². The summed E-state index contributed by atoms with van der Waals surface area (Å²) in [5, 5.41) is 2.55. The summed E-state index contributed by atoms with van der Waals surface area (Å²) in [5.41, 5.74) is -1.65. The summed E-state index contributed by atoms with van der Waals surface area (Å²) in [6.07, 6.45) is -3.31. The van der Waals surface area contributed by atoms with Gasteiger partial charge in [-0.2, -0.15) is 13.2 Å². The molecular weight excluding hydrogens is 155 g/mol. The fourth-order valence-electron chi connectivity index (χ4n) is 1.42. The van der Waals surface area contributed by atoms with Crippen molar-refractivity contribution in [1.82, 2.24) is 5.32 Å². The average molecular weight is 167 g/mol. The van der Waals surface area contributed by atoms with E-state index in [9.17, 15) is 13.2 Å². The monoisotopic (exact) mass is 167 g/mol.